The molecule has 1 aliphatic heterocycles. The van der Waals surface area contributed by atoms with E-state index in [0.717, 1.165) is 21.3 Å². The van der Waals surface area contributed by atoms with Crippen LogP contribution < -0.4 is 26.0 Å². The smallest absolute Gasteiger partial charge is 0.331 e. The van der Waals surface area contributed by atoms with E-state index in [1.807, 2.05) is 43.3 Å². The quantitative estimate of drug-likeness (QED) is 0.442. The first kappa shape index (κ1) is 22.0. The maximum absolute atomic E-state index is 13.2. The number of carbonyl (C=O) groups excluding carboxylic acids is 1. The van der Waals surface area contributed by atoms with Crippen LogP contribution in [-0.4, -0.2) is 21.8 Å². The van der Waals surface area contributed by atoms with Crippen LogP contribution in [0.3, 0.4) is 0 Å². The maximum atomic E-state index is 13.2. The number of amides is 1. The number of ether oxygens (including phenoxy) is 2. The van der Waals surface area contributed by atoms with Gasteiger partial charge < -0.3 is 14.8 Å². The predicted octanol–water partition coefficient (Wildman–Crippen LogP) is 3.02. The number of hydrogen-bond donors (Lipinski definition) is 1. The highest BCUT2D eigenvalue weighted by Crippen LogP contribution is 2.32. The fourth-order valence-corrected chi connectivity index (χ4v) is 4.76. The molecule has 4 aromatic rings. The molecule has 0 saturated carbocycles. The number of carbonyl (C=O) groups is 1. The number of aromatic nitrogens is 2. The van der Waals surface area contributed by atoms with Crippen LogP contribution in [0.5, 0.6) is 11.5 Å². The zero-order valence-corrected chi connectivity index (χ0v) is 19.4. The van der Waals surface area contributed by atoms with Gasteiger partial charge in [-0.2, -0.15) is 0 Å². The van der Waals surface area contributed by atoms with E-state index in [2.05, 4.69) is 5.32 Å². The van der Waals surface area contributed by atoms with Crippen LogP contribution in [0, 0.1) is 6.92 Å². The Morgan fingerprint density at radius 1 is 1.00 bits per heavy atom. The third-order valence-corrected chi connectivity index (χ3v) is 6.68. The van der Waals surface area contributed by atoms with Gasteiger partial charge in [-0.25, -0.2) is 4.79 Å². The lowest BCUT2D eigenvalue weighted by Crippen LogP contribution is -2.40. The number of nitrogens with zero attached hydrogens (tertiary/aromatic N) is 2. The highest BCUT2D eigenvalue weighted by Gasteiger charge is 2.16. The van der Waals surface area contributed by atoms with Gasteiger partial charge in [-0.3, -0.25) is 18.7 Å². The van der Waals surface area contributed by atoms with Crippen molar-refractivity contribution in [2.24, 2.45) is 0 Å². The third kappa shape index (κ3) is 4.34. The van der Waals surface area contributed by atoms with E-state index >= 15 is 0 Å². The summed E-state index contributed by atoms with van der Waals surface area (Å²) in [5.41, 5.74) is 2.80. The fourth-order valence-electron chi connectivity index (χ4n) is 3.91. The Morgan fingerprint density at radius 3 is 2.59 bits per heavy atom. The van der Waals surface area contributed by atoms with Crippen LogP contribution in [-0.2, 0) is 24.4 Å². The third-order valence-electron chi connectivity index (χ3n) is 5.79. The molecule has 2 aromatic carbocycles. The molecule has 0 fully saturated rings. The van der Waals surface area contributed by atoms with Crippen molar-refractivity contribution in [3.8, 4) is 11.5 Å². The summed E-state index contributed by atoms with van der Waals surface area (Å²) in [5.74, 6) is 1.08. The number of fused-ring (bicyclic) bond motifs is 2. The zero-order valence-electron chi connectivity index (χ0n) is 18.6. The number of rotatable bonds is 7. The Kier molecular flexibility index (Phi) is 5.93. The maximum Gasteiger partial charge on any atom is 0.331 e. The lowest BCUT2D eigenvalue weighted by Gasteiger charge is -2.13. The molecule has 1 aliphatic rings. The Morgan fingerprint density at radius 2 is 1.76 bits per heavy atom. The largest absolute Gasteiger partial charge is 0.454 e. The van der Waals surface area contributed by atoms with Crippen LogP contribution in [0.4, 0.5) is 0 Å². The van der Waals surface area contributed by atoms with E-state index in [1.165, 1.54) is 11.3 Å². The molecule has 34 heavy (non-hydrogen) atoms. The van der Waals surface area contributed by atoms with Crippen molar-refractivity contribution in [2.45, 2.75) is 33.0 Å². The van der Waals surface area contributed by atoms with E-state index < -0.39 is 5.69 Å². The molecular formula is C25H23N3O5S. The Labute approximate surface area is 199 Å². The molecule has 174 valence electrons. The molecule has 0 saturated heterocycles. The van der Waals surface area contributed by atoms with Crippen LogP contribution in [0.15, 0.2) is 63.5 Å². The molecule has 1 N–H and O–H groups in total. The number of thiophene rings is 1. The first-order chi connectivity index (χ1) is 16.5. The van der Waals surface area contributed by atoms with Crippen LogP contribution in [0.2, 0.25) is 0 Å². The van der Waals surface area contributed by atoms with Gasteiger partial charge in [0.2, 0.25) is 12.7 Å². The highest BCUT2D eigenvalue weighted by atomic mass is 32.1. The summed E-state index contributed by atoms with van der Waals surface area (Å²) in [6, 6.07) is 15.2. The lowest BCUT2D eigenvalue weighted by atomic mass is 10.1. The number of hydrogen-bond acceptors (Lipinski definition) is 6. The highest BCUT2D eigenvalue weighted by molar-refractivity contribution is 7.17. The summed E-state index contributed by atoms with van der Waals surface area (Å²) in [6.07, 6.45) is 0.0150. The van der Waals surface area contributed by atoms with Gasteiger partial charge in [0, 0.05) is 19.5 Å². The van der Waals surface area contributed by atoms with E-state index in [4.69, 9.17) is 9.47 Å². The van der Waals surface area contributed by atoms with E-state index in [-0.39, 0.29) is 31.2 Å². The van der Waals surface area contributed by atoms with Gasteiger partial charge in [-0.05, 0) is 41.6 Å². The second kappa shape index (κ2) is 9.18. The van der Waals surface area contributed by atoms with Crippen molar-refractivity contribution >= 4 is 27.5 Å². The van der Waals surface area contributed by atoms with Crippen LogP contribution in [0.25, 0.3) is 10.2 Å². The average Bonchev–Trinajstić information content (AvgIpc) is 3.51. The number of aryl methyl sites for hydroxylation is 1. The zero-order chi connectivity index (χ0) is 23.7. The Hall–Kier alpha value is -3.85. The molecule has 0 radical (unpaired) electrons. The molecule has 0 unspecified atom stereocenters. The minimum Gasteiger partial charge on any atom is -0.454 e. The molecule has 9 heteroatoms. The first-order valence-electron chi connectivity index (χ1n) is 10.9. The van der Waals surface area contributed by atoms with Crippen molar-refractivity contribution in [1.29, 1.82) is 0 Å². The lowest BCUT2D eigenvalue weighted by molar-refractivity contribution is -0.121. The monoisotopic (exact) mass is 477 g/mol. The first-order valence-corrected chi connectivity index (χ1v) is 11.8. The summed E-state index contributed by atoms with van der Waals surface area (Å²) in [4.78, 5) is 38.7. The molecule has 2 aromatic heterocycles. The molecule has 3 heterocycles. The van der Waals surface area contributed by atoms with Gasteiger partial charge in [-0.15, -0.1) is 11.3 Å². The van der Waals surface area contributed by atoms with Gasteiger partial charge >= 0.3 is 5.69 Å². The van der Waals surface area contributed by atoms with Gasteiger partial charge in [0.05, 0.1) is 12.1 Å². The average molecular weight is 478 g/mol. The summed E-state index contributed by atoms with van der Waals surface area (Å²) in [5, 5.41) is 4.64. The van der Waals surface area contributed by atoms with Crippen molar-refractivity contribution in [3.63, 3.8) is 0 Å². The summed E-state index contributed by atoms with van der Waals surface area (Å²) in [6.45, 7) is 2.86. The van der Waals surface area contributed by atoms with Crippen molar-refractivity contribution in [1.82, 2.24) is 14.5 Å². The standard InChI is InChI=1S/C25H23N3O5S/c1-16-2-4-17(5-3-16)14-28-19-9-11-34-23(19)24(30)27(25(28)31)10-8-22(29)26-13-18-6-7-20-21(12-18)33-15-32-20/h2-7,9,11-12H,8,10,13-15H2,1H3,(H,26,29). The molecule has 0 aliphatic carbocycles. The molecule has 0 bridgehead atoms. The predicted molar refractivity (Wildman–Crippen MR) is 130 cm³/mol. The minimum absolute atomic E-state index is 0.00633. The van der Waals surface area contributed by atoms with Gasteiger partial charge in [0.25, 0.3) is 5.56 Å². The fraction of sp³-hybridized carbons (Fsp3) is 0.240. The second-order valence-electron chi connectivity index (χ2n) is 8.16. The molecule has 0 spiro atoms. The van der Waals surface area contributed by atoms with E-state index in [1.54, 1.807) is 22.1 Å². The van der Waals surface area contributed by atoms with Gasteiger partial charge in [-0.1, -0.05) is 35.9 Å². The topological polar surface area (TPSA) is 91.6 Å². The normalized spacial score (nSPS) is 12.3. The molecule has 1 amide bonds. The van der Waals surface area contributed by atoms with Crippen molar-refractivity contribution in [2.75, 3.05) is 6.79 Å². The number of benzene rings is 2. The molecular weight excluding hydrogens is 454 g/mol. The van der Waals surface area contributed by atoms with E-state index in [0.29, 0.717) is 34.8 Å². The van der Waals surface area contributed by atoms with Gasteiger partial charge in [0.1, 0.15) is 4.70 Å². The Bertz CT molecular complexity index is 1480. The second-order valence-corrected chi connectivity index (χ2v) is 9.08. The number of nitrogens with one attached hydrogen (secondary N) is 1. The van der Waals surface area contributed by atoms with Crippen LogP contribution in [0.1, 0.15) is 23.1 Å². The van der Waals surface area contributed by atoms with E-state index in [9.17, 15) is 14.4 Å². The minimum atomic E-state index is -0.417. The molecule has 8 nitrogen and oxygen atoms in total. The summed E-state index contributed by atoms with van der Waals surface area (Å²) >= 11 is 1.30. The summed E-state index contributed by atoms with van der Waals surface area (Å²) < 4.78 is 13.9. The molecule has 0 atom stereocenters. The van der Waals surface area contributed by atoms with Crippen molar-refractivity contribution in [3.05, 3.63) is 91.4 Å². The Balaban J connectivity index is 1.32. The SMILES string of the molecule is Cc1ccc(Cn2c(=O)n(CCC(=O)NCc3ccc4c(c3)OCO4)c(=O)c3sccc32)cc1. The van der Waals surface area contributed by atoms with Crippen molar-refractivity contribution < 1.29 is 14.3 Å². The molecule has 5 rings (SSSR count). The summed E-state index contributed by atoms with van der Waals surface area (Å²) in [7, 11) is 0. The van der Waals surface area contributed by atoms with Crippen LogP contribution >= 0.6 is 11.3 Å². The van der Waals surface area contributed by atoms with Gasteiger partial charge in [0.15, 0.2) is 11.5 Å².